The molecule has 0 spiro atoms. The quantitative estimate of drug-likeness (QED) is 0.804. The lowest BCUT2D eigenvalue weighted by Crippen LogP contribution is -2.33. The molecule has 0 unspecified atom stereocenters. The van der Waals surface area contributed by atoms with Crippen molar-refractivity contribution in [3.05, 3.63) is 65.7 Å². The highest BCUT2D eigenvalue weighted by Crippen LogP contribution is 2.38. The third-order valence-corrected chi connectivity index (χ3v) is 4.36. The predicted octanol–water partition coefficient (Wildman–Crippen LogP) is 5.17. The Labute approximate surface area is 122 Å². The number of rotatable bonds is 4. The Bertz CT molecular complexity index is 536. The third kappa shape index (κ3) is 2.87. The van der Waals surface area contributed by atoms with Gasteiger partial charge < -0.3 is 5.32 Å². The maximum atomic E-state index is 3.64. The van der Waals surface area contributed by atoms with Gasteiger partial charge >= 0.3 is 0 Å². The van der Waals surface area contributed by atoms with E-state index in [1.54, 1.807) is 0 Å². The first-order valence-corrected chi connectivity index (χ1v) is 7.64. The van der Waals surface area contributed by atoms with Gasteiger partial charge in [-0.3, -0.25) is 0 Å². The smallest absolute Gasteiger partial charge is 0.0342 e. The van der Waals surface area contributed by atoms with Crippen LogP contribution in [0, 0.1) is 0 Å². The zero-order valence-corrected chi connectivity index (χ0v) is 12.3. The lowest BCUT2D eigenvalue weighted by Gasteiger charge is -2.37. The van der Waals surface area contributed by atoms with Crippen molar-refractivity contribution in [2.45, 2.75) is 44.6 Å². The van der Waals surface area contributed by atoms with E-state index < -0.39 is 0 Å². The maximum Gasteiger partial charge on any atom is 0.0342 e. The van der Waals surface area contributed by atoms with Crippen LogP contribution in [0.15, 0.2) is 54.6 Å². The molecule has 3 rings (SSSR count). The normalized spacial score (nSPS) is 21.6. The van der Waals surface area contributed by atoms with Crippen LogP contribution >= 0.6 is 0 Å². The molecule has 0 aromatic heterocycles. The molecule has 2 aromatic rings. The van der Waals surface area contributed by atoms with E-state index in [9.17, 15) is 0 Å². The summed E-state index contributed by atoms with van der Waals surface area (Å²) in [4.78, 5) is 0. The summed E-state index contributed by atoms with van der Waals surface area (Å²) in [5, 5.41) is 3.64. The minimum absolute atomic E-state index is 0.607. The van der Waals surface area contributed by atoms with Crippen molar-refractivity contribution in [3.63, 3.8) is 0 Å². The van der Waals surface area contributed by atoms with Crippen molar-refractivity contribution in [1.29, 1.82) is 0 Å². The van der Waals surface area contributed by atoms with Gasteiger partial charge in [-0.2, -0.15) is 0 Å². The number of anilines is 1. The topological polar surface area (TPSA) is 12.0 Å². The van der Waals surface area contributed by atoms with Gasteiger partial charge in [-0.25, -0.2) is 0 Å². The van der Waals surface area contributed by atoms with E-state index in [-0.39, 0.29) is 0 Å². The molecule has 0 atom stereocenters. The van der Waals surface area contributed by atoms with Crippen LogP contribution < -0.4 is 5.32 Å². The number of hydrogen-bond acceptors (Lipinski definition) is 1. The lowest BCUT2D eigenvalue weighted by molar-refractivity contribution is 0.374. The molecule has 0 radical (unpaired) electrons. The molecule has 2 aromatic carbocycles. The molecular formula is C19H23N. The van der Waals surface area contributed by atoms with Crippen molar-refractivity contribution >= 4 is 5.69 Å². The summed E-state index contributed by atoms with van der Waals surface area (Å²) in [7, 11) is 0. The van der Waals surface area contributed by atoms with Gasteiger partial charge in [0.05, 0.1) is 0 Å². The maximum absolute atomic E-state index is 3.64. The Morgan fingerprint density at radius 1 is 0.900 bits per heavy atom. The Morgan fingerprint density at radius 3 is 2.15 bits per heavy atom. The van der Waals surface area contributed by atoms with E-state index in [1.807, 2.05) is 0 Å². The number of hydrogen-bond donors (Lipinski definition) is 1. The second kappa shape index (κ2) is 5.70. The van der Waals surface area contributed by atoms with Gasteiger partial charge in [-0.05, 0) is 47.9 Å². The number of nitrogens with one attached hydrogen (secondary N) is 1. The van der Waals surface area contributed by atoms with Crippen LogP contribution in [-0.2, 0) is 0 Å². The Kier molecular flexibility index (Phi) is 3.77. The first kappa shape index (κ1) is 13.2. The standard InChI is InChI=1S/C19H23N/c1-14(2)15-8-10-18(11-9-15)20-19-12-17(13-19)16-6-4-3-5-7-16/h3-11,14,17,19-20H,12-13H2,1-2H3. The Balaban J connectivity index is 1.54. The lowest BCUT2D eigenvalue weighted by atomic mass is 9.76. The molecule has 0 heterocycles. The van der Waals surface area contributed by atoms with Crippen molar-refractivity contribution < 1.29 is 0 Å². The minimum Gasteiger partial charge on any atom is -0.382 e. The minimum atomic E-state index is 0.607. The first-order chi connectivity index (χ1) is 9.72. The zero-order valence-electron chi connectivity index (χ0n) is 12.3. The predicted molar refractivity (Wildman–Crippen MR) is 86.4 cm³/mol. The monoisotopic (exact) mass is 265 g/mol. The third-order valence-electron chi connectivity index (χ3n) is 4.36. The summed E-state index contributed by atoms with van der Waals surface area (Å²) < 4.78 is 0. The largest absolute Gasteiger partial charge is 0.382 e. The highest BCUT2D eigenvalue weighted by atomic mass is 14.9. The first-order valence-electron chi connectivity index (χ1n) is 7.64. The molecule has 1 aliphatic carbocycles. The molecule has 1 aliphatic rings. The molecule has 1 heteroatoms. The van der Waals surface area contributed by atoms with Gasteiger partial charge in [0.2, 0.25) is 0 Å². The van der Waals surface area contributed by atoms with Crippen molar-refractivity contribution in [2.75, 3.05) is 5.32 Å². The Hall–Kier alpha value is -1.76. The molecule has 0 amide bonds. The fraction of sp³-hybridized carbons (Fsp3) is 0.368. The summed E-state index contributed by atoms with van der Waals surface area (Å²) in [6, 6.07) is 20.4. The van der Waals surface area contributed by atoms with Crippen LogP contribution in [0.5, 0.6) is 0 Å². The van der Waals surface area contributed by atoms with E-state index in [2.05, 4.69) is 73.8 Å². The van der Waals surface area contributed by atoms with E-state index in [4.69, 9.17) is 0 Å². The molecule has 1 fully saturated rings. The summed E-state index contributed by atoms with van der Waals surface area (Å²) in [5.41, 5.74) is 4.15. The molecule has 1 N–H and O–H groups in total. The van der Waals surface area contributed by atoms with Gasteiger partial charge in [-0.1, -0.05) is 56.3 Å². The van der Waals surface area contributed by atoms with Crippen LogP contribution in [0.25, 0.3) is 0 Å². The van der Waals surface area contributed by atoms with Crippen LogP contribution in [-0.4, -0.2) is 6.04 Å². The highest BCUT2D eigenvalue weighted by molar-refractivity contribution is 5.47. The SMILES string of the molecule is CC(C)c1ccc(NC2CC(c3ccccc3)C2)cc1. The average molecular weight is 265 g/mol. The van der Waals surface area contributed by atoms with Crippen LogP contribution in [0.4, 0.5) is 5.69 Å². The second-order valence-corrected chi connectivity index (χ2v) is 6.20. The van der Waals surface area contributed by atoms with Gasteiger partial charge in [0.15, 0.2) is 0 Å². The summed E-state index contributed by atoms with van der Waals surface area (Å²) in [6.45, 7) is 4.47. The van der Waals surface area contributed by atoms with E-state index in [0.29, 0.717) is 12.0 Å². The molecular weight excluding hydrogens is 242 g/mol. The van der Waals surface area contributed by atoms with Crippen molar-refractivity contribution in [3.8, 4) is 0 Å². The molecule has 0 bridgehead atoms. The van der Waals surface area contributed by atoms with Crippen LogP contribution in [0.3, 0.4) is 0 Å². The molecule has 104 valence electrons. The van der Waals surface area contributed by atoms with Gasteiger partial charge in [0.25, 0.3) is 0 Å². The molecule has 0 aliphatic heterocycles. The highest BCUT2D eigenvalue weighted by Gasteiger charge is 2.29. The van der Waals surface area contributed by atoms with Gasteiger partial charge in [0, 0.05) is 11.7 Å². The molecule has 0 saturated heterocycles. The summed E-state index contributed by atoms with van der Waals surface area (Å²) >= 11 is 0. The molecule has 20 heavy (non-hydrogen) atoms. The molecule has 1 saturated carbocycles. The van der Waals surface area contributed by atoms with E-state index in [1.165, 1.54) is 29.7 Å². The van der Waals surface area contributed by atoms with Gasteiger partial charge in [0.1, 0.15) is 0 Å². The summed E-state index contributed by atoms with van der Waals surface area (Å²) in [6.07, 6.45) is 2.49. The Morgan fingerprint density at radius 2 is 1.55 bits per heavy atom. The van der Waals surface area contributed by atoms with E-state index >= 15 is 0 Å². The average Bonchev–Trinajstić information content (AvgIpc) is 2.44. The van der Waals surface area contributed by atoms with Crippen molar-refractivity contribution in [1.82, 2.24) is 0 Å². The number of benzene rings is 2. The summed E-state index contributed by atoms with van der Waals surface area (Å²) in [5.74, 6) is 1.35. The molecule has 1 nitrogen and oxygen atoms in total. The van der Waals surface area contributed by atoms with Crippen molar-refractivity contribution in [2.24, 2.45) is 0 Å². The van der Waals surface area contributed by atoms with E-state index in [0.717, 1.165) is 5.92 Å². The van der Waals surface area contributed by atoms with Gasteiger partial charge in [-0.15, -0.1) is 0 Å². The second-order valence-electron chi connectivity index (χ2n) is 6.20. The fourth-order valence-electron chi connectivity index (χ4n) is 2.93. The fourth-order valence-corrected chi connectivity index (χ4v) is 2.93. The van der Waals surface area contributed by atoms with Crippen LogP contribution in [0.2, 0.25) is 0 Å². The van der Waals surface area contributed by atoms with Crippen LogP contribution in [0.1, 0.15) is 49.7 Å². The zero-order chi connectivity index (χ0) is 13.9.